The molecule has 0 aliphatic carbocycles. The highest BCUT2D eigenvalue weighted by molar-refractivity contribution is 6.23. The molecule has 0 atom stereocenters. The largest absolute Gasteiger partial charge is 0.456 e. The zero-order valence-corrected chi connectivity index (χ0v) is 52.0. The topological polar surface area (TPSA) is 52.1 Å². The third-order valence-corrected chi connectivity index (χ3v) is 19.2. The van der Waals surface area contributed by atoms with Crippen molar-refractivity contribution in [2.75, 3.05) is 0 Å². The molecule has 4 heteroatoms. The third kappa shape index (κ3) is 9.61. The van der Waals surface area contributed by atoms with E-state index in [1.165, 1.54) is 98.5 Å². The van der Waals surface area contributed by atoms with E-state index in [2.05, 4.69) is 316 Å². The van der Waals surface area contributed by atoms with Crippen molar-refractivity contribution in [3.8, 4) is 89.3 Å². The molecule has 0 N–H and O–H groups in total. The molecule has 19 aromatic rings. The summed E-state index contributed by atoms with van der Waals surface area (Å²) < 4.78 is 12.7. The van der Waals surface area contributed by atoms with Gasteiger partial charge in [0.15, 0.2) is 0 Å². The van der Waals surface area contributed by atoms with Crippen LogP contribution in [0.5, 0.6) is 0 Å². The standard InChI is InChI=1S/C49H31NO.C42H27NO/c1-2-10-32(11-3-1)33-22-24-36(25-23-33)48-40-13-4-6-15-42(40)49(43-16-7-5-14-41(43)48)45-28-26-38(31-50-45)35-20-18-34(19-21-35)37-27-29-47-44(30-37)39-12-8-9-17-46(39)51-47;1-26-17-19-28(20-18-26)39-32-11-4-6-13-34(32)40(35-14-7-5-12-33(35)39)38-24-22-29(25-43-38)31-15-8-16-36-37-23-21-27-9-2-3-10-30(27)41(37)44-42(31)36/h1-31H;2-25H,1H3. The summed E-state index contributed by atoms with van der Waals surface area (Å²) in [5.41, 5.74) is 23.2. The second-order valence-electron chi connectivity index (χ2n) is 24.7. The fourth-order valence-corrected chi connectivity index (χ4v) is 14.5. The number of nitrogens with zero attached hydrogens (tertiary/aromatic N) is 2. The molecule has 0 aliphatic heterocycles. The van der Waals surface area contributed by atoms with Crippen LogP contribution in [0.1, 0.15) is 5.56 Å². The fourth-order valence-electron chi connectivity index (χ4n) is 14.5. The van der Waals surface area contributed by atoms with Gasteiger partial charge >= 0.3 is 0 Å². The highest BCUT2D eigenvalue weighted by Crippen LogP contribution is 2.47. The Morgan fingerprint density at radius 2 is 0.621 bits per heavy atom. The molecule has 0 fully saturated rings. The lowest BCUT2D eigenvalue weighted by molar-refractivity contribution is 0.669. The number of hydrogen-bond acceptors (Lipinski definition) is 4. The van der Waals surface area contributed by atoms with Gasteiger partial charge in [0, 0.05) is 67.1 Å². The number of benzene rings is 15. The van der Waals surface area contributed by atoms with Gasteiger partial charge in [0.05, 0.1) is 11.4 Å². The van der Waals surface area contributed by atoms with Gasteiger partial charge < -0.3 is 8.83 Å². The van der Waals surface area contributed by atoms with E-state index >= 15 is 0 Å². The van der Waals surface area contributed by atoms with Crippen LogP contribution in [0.2, 0.25) is 0 Å². The van der Waals surface area contributed by atoms with Gasteiger partial charge in [-0.15, -0.1) is 0 Å². The van der Waals surface area contributed by atoms with Crippen molar-refractivity contribution in [2.45, 2.75) is 6.92 Å². The van der Waals surface area contributed by atoms with Crippen LogP contribution in [0.4, 0.5) is 0 Å². The maximum atomic E-state index is 6.62. The third-order valence-electron chi connectivity index (χ3n) is 19.2. The van der Waals surface area contributed by atoms with Crippen molar-refractivity contribution in [3.63, 3.8) is 0 Å². The van der Waals surface area contributed by atoms with E-state index in [-0.39, 0.29) is 0 Å². The van der Waals surface area contributed by atoms with Crippen molar-refractivity contribution in [3.05, 3.63) is 339 Å². The number of furan rings is 2. The molecule has 0 bridgehead atoms. The number of hydrogen-bond donors (Lipinski definition) is 0. The van der Waals surface area contributed by atoms with E-state index in [0.717, 1.165) is 94.0 Å². The van der Waals surface area contributed by atoms with E-state index in [9.17, 15) is 0 Å². The van der Waals surface area contributed by atoms with Crippen molar-refractivity contribution in [2.24, 2.45) is 0 Å². The minimum atomic E-state index is 0.895. The molecule has 4 nitrogen and oxygen atoms in total. The Bertz CT molecular complexity index is 6050. The van der Waals surface area contributed by atoms with E-state index in [1.54, 1.807) is 0 Å². The van der Waals surface area contributed by atoms with Crippen LogP contribution in [0.15, 0.2) is 343 Å². The predicted molar refractivity (Wildman–Crippen MR) is 399 cm³/mol. The summed E-state index contributed by atoms with van der Waals surface area (Å²) in [5.74, 6) is 0. The fraction of sp³-hybridized carbons (Fsp3) is 0.0110. The lowest BCUT2D eigenvalue weighted by atomic mass is 9.87. The first kappa shape index (κ1) is 55.4. The maximum Gasteiger partial charge on any atom is 0.143 e. The Morgan fingerprint density at radius 1 is 0.221 bits per heavy atom. The van der Waals surface area contributed by atoms with Crippen LogP contribution in [0, 0.1) is 6.92 Å². The number of rotatable bonds is 8. The van der Waals surface area contributed by atoms with Gasteiger partial charge in [-0.05, 0) is 142 Å². The molecule has 444 valence electrons. The Hall–Kier alpha value is -12.5. The van der Waals surface area contributed by atoms with E-state index in [4.69, 9.17) is 18.8 Å². The highest BCUT2D eigenvalue weighted by Gasteiger charge is 2.21. The minimum absolute atomic E-state index is 0.895. The Kier molecular flexibility index (Phi) is 13.4. The molecule has 0 amide bonds. The van der Waals surface area contributed by atoms with Crippen LogP contribution < -0.4 is 0 Å². The molecule has 0 unspecified atom stereocenters. The van der Waals surface area contributed by atoms with E-state index in [0.29, 0.717) is 0 Å². The summed E-state index contributed by atoms with van der Waals surface area (Å²) in [7, 11) is 0. The minimum Gasteiger partial charge on any atom is -0.456 e. The number of fused-ring (bicyclic) bond motifs is 12. The van der Waals surface area contributed by atoms with Crippen LogP contribution in [-0.4, -0.2) is 9.97 Å². The van der Waals surface area contributed by atoms with Crippen molar-refractivity contribution in [1.82, 2.24) is 9.97 Å². The number of aromatic nitrogens is 2. The average molecular weight is 1210 g/mol. The quantitative estimate of drug-likeness (QED) is 0.142. The Labute approximate surface area is 548 Å². The molecule has 4 heterocycles. The zero-order chi connectivity index (χ0) is 62.9. The highest BCUT2D eigenvalue weighted by atomic mass is 16.3. The molecule has 0 radical (unpaired) electrons. The molecule has 19 rings (SSSR count). The summed E-state index contributed by atoms with van der Waals surface area (Å²) in [6.07, 6.45) is 4.00. The lowest BCUT2D eigenvalue weighted by Crippen LogP contribution is -1.92. The second-order valence-corrected chi connectivity index (χ2v) is 24.7. The maximum absolute atomic E-state index is 6.62. The van der Waals surface area contributed by atoms with E-state index < -0.39 is 0 Å². The van der Waals surface area contributed by atoms with Crippen molar-refractivity contribution in [1.29, 1.82) is 0 Å². The Morgan fingerprint density at radius 3 is 1.18 bits per heavy atom. The first-order valence-corrected chi connectivity index (χ1v) is 32.4. The van der Waals surface area contributed by atoms with Gasteiger partial charge in [-0.2, -0.15) is 0 Å². The summed E-state index contributed by atoms with van der Waals surface area (Å²) in [6.45, 7) is 2.13. The molecular weight excluding hydrogens is 1150 g/mol. The van der Waals surface area contributed by atoms with Gasteiger partial charge in [0.1, 0.15) is 22.3 Å². The first-order valence-electron chi connectivity index (χ1n) is 32.4. The first-order chi connectivity index (χ1) is 47.0. The molecule has 0 saturated heterocycles. The van der Waals surface area contributed by atoms with Crippen LogP contribution in [0.3, 0.4) is 0 Å². The van der Waals surface area contributed by atoms with Crippen molar-refractivity contribution >= 4 is 97.7 Å². The number of aryl methyl sites for hydroxylation is 1. The van der Waals surface area contributed by atoms with Crippen LogP contribution >= 0.6 is 0 Å². The van der Waals surface area contributed by atoms with E-state index in [1.807, 2.05) is 24.5 Å². The Balaban J connectivity index is 0.000000140. The molecular formula is C91H58N2O2. The summed E-state index contributed by atoms with van der Waals surface area (Å²) >= 11 is 0. The van der Waals surface area contributed by atoms with Gasteiger partial charge in [-0.25, -0.2) is 0 Å². The number of para-hydroxylation sites is 2. The zero-order valence-electron chi connectivity index (χ0n) is 52.0. The molecule has 0 aliphatic rings. The van der Waals surface area contributed by atoms with Crippen LogP contribution in [0.25, 0.3) is 187 Å². The van der Waals surface area contributed by atoms with Crippen LogP contribution in [-0.2, 0) is 0 Å². The monoisotopic (exact) mass is 1210 g/mol. The molecule has 0 spiro atoms. The average Bonchev–Trinajstić information content (AvgIpc) is 1.56. The lowest BCUT2D eigenvalue weighted by Gasteiger charge is -2.17. The van der Waals surface area contributed by atoms with Gasteiger partial charge in [-0.1, -0.05) is 291 Å². The molecule has 15 aromatic carbocycles. The number of pyridine rings is 2. The summed E-state index contributed by atoms with van der Waals surface area (Å²) in [6, 6.07) is 115. The predicted octanol–water partition coefficient (Wildman–Crippen LogP) is 25.4. The van der Waals surface area contributed by atoms with Gasteiger partial charge in [-0.3, -0.25) is 9.97 Å². The van der Waals surface area contributed by atoms with Crippen molar-refractivity contribution < 1.29 is 8.83 Å². The van der Waals surface area contributed by atoms with Gasteiger partial charge in [0.25, 0.3) is 0 Å². The summed E-state index contributed by atoms with van der Waals surface area (Å²) in [5, 5.41) is 16.6. The molecule has 95 heavy (non-hydrogen) atoms. The smallest absolute Gasteiger partial charge is 0.143 e. The SMILES string of the molecule is Cc1ccc(-c2c3ccccc3c(-c3ccc(-c4cccc5c4oc4c6ccccc6ccc54)cn3)c3ccccc23)cc1.c1ccc(-c2ccc(-c3c4ccccc4c(-c4ccc(-c5ccc(-c6ccc7oc8ccccc8c7c6)cc5)cn4)c4ccccc34)cc2)cc1. The molecule has 0 saturated carbocycles. The normalized spacial score (nSPS) is 11.6. The van der Waals surface area contributed by atoms with Gasteiger partial charge in [0.2, 0.25) is 0 Å². The molecule has 4 aromatic heterocycles. The summed E-state index contributed by atoms with van der Waals surface area (Å²) in [4.78, 5) is 10.2. The second kappa shape index (κ2) is 23.0.